The second kappa shape index (κ2) is 6.38. The van der Waals surface area contributed by atoms with E-state index in [-0.39, 0.29) is 17.5 Å². The lowest BCUT2D eigenvalue weighted by Crippen LogP contribution is -2.17. The van der Waals surface area contributed by atoms with Crippen LogP contribution in [0, 0.1) is 10.1 Å². The molecule has 1 fully saturated rings. The minimum atomic E-state index is -0.457. The molecule has 0 amide bonds. The van der Waals surface area contributed by atoms with Crippen LogP contribution in [-0.2, 0) is 0 Å². The van der Waals surface area contributed by atoms with Crippen LogP contribution < -0.4 is 16.0 Å². The second-order valence-electron chi connectivity index (χ2n) is 4.79. The van der Waals surface area contributed by atoms with Crippen molar-refractivity contribution in [1.82, 2.24) is 0 Å². The highest BCUT2D eigenvalue weighted by molar-refractivity contribution is 5.67. The van der Waals surface area contributed by atoms with Crippen molar-refractivity contribution in [3.63, 3.8) is 0 Å². The highest BCUT2D eigenvalue weighted by Gasteiger charge is 2.23. The summed E-state index contributed by atoms with van der Waals surface area (Å²) < 4.78 is 5.83. The number of nitrogens with one attached hydrogen (secondary N) is 1. The summed E-state index contributed by atoms with van der Waals surface area (Å²) in [6.45, 7) is 0. The zero-order chi connectivity index (χ0) is 13.7. The van der Waals surface area contributed by atoms with Gasteiger partial charge in [0.1, 0.15) is 5.69 Å². The summed E-state index contributed by atoms with van der Waals surface area (Å²) in [5.41, 5.74) is 2.53. The van der Waals surface area contributed by atoms with Gasteiger partial charge >= 0.3 is 5.69 Å². The summed E-state index contributed by atoms with van der Waals surface area (Å²) >= 11 is 0. The first-order valence-electron chi connectivity index (χ1n) is 6.63. The molecule has 0 atom stereocenters. The molecule has 0 radical (unpaired) electrons. The number of hydrazine groups is 1. The molecule has 1 aromatic carbocycles. The SMILES string of the molecule is NNc1cccc(OC2CCCCCC2)c1[N+](=O)[O-]. The standard InChI is InChI=1S/C13H19N3O3/c14-15-11-8-5-9-12(13(11)16(17)18)19-10-6-3-1-2-4-7-10/h5,8-10,15H,1-4,6-7,14H2. The number of nitrogens with zero attached hydrogens (tertiary/aromatic N) is 1. The predicted octanol–water partition coefficient (Wildman–Crippen LogP) is 2.98. The van der Waals surface area contributed by atoms with E-state index in [1.807, 2.05) is 0 Å². The van der Waals surface area contributed by atoms with Gasteiger partial charge in [-0.3, -0.25) is 16.0 Å². The smallest absolute Gasteiger partial charge is 0.335 e. The van der Waals surface area contributed by atoms with Gasteiger partial charge in [0.15, 0.2) is 5.75 Å². The van der Waals surface area contributed by atoms with Gasteiger partial charge in [-0.05, 0) is 37.8 Å². The maximum atomic E-state index is 11.1. The molecule has 0 unspecified atom stereocenters. The lowest BCUT2D eigenvalue weighted by Gasteiger charge is -2.17. The molecule has 1 saturated carbocycles. The van der Waals surface area contributed by atoms with Crippen molar-refractivity contribution in [2.45, 2.75) is 44.6 Å². The van der Waals surface area contributed by atoms with Gasteiger partial charge in [0.05, 0.1) is 11.0 Å². The fourth-order valence-corrected chi connectivity index (χ4v) is 2.46. The molecule has 0 saturated heterocycles. The van der Waals surface area contributed by atoms with Gasteiger partial charge in [0, 0.05) is 0 Å². The molecule has 0 heterocycles. The zero-order valence-corrected chi connectivity index (χ0v) is 10.8. The third-order valence-electron chi connectivity index (χ3n) is 3.43. The van der Waals surface area contributed by atoms with E-state index in [1.54, 1.807) is 18.2 Å². The van der Waals surface area contributed by atoms with Crippen LogP contribution in [0.3, 0.4) is 0 Å². The van der Waals surface area contributed by atoms with E-state index < -0.39 is 4.92 Å². The molecular weight excluding hydrogens is 246 g/mol. The Hall–Kier alpha value is -1.82. The maximum Gasteiger partial charge on any atom is 0.335 e. The number of nitro benzene ring substituents is 1. The molecule has 2 rings (SSSR count). The molecule has 1 aliphatic rings. The van der Waals surface area contributed by atoms with Gasteiger partial charge in [0.2, 0.25) is 0 Å². The van der Waals surface area contributed by atoms with Gasteiger partial charge in [-0.15, -0.1) is 0 Å². The molecule has 1 aliphatic carbocycles. The van der Waals surface area contributed by atoms with Crippen LogP contribution in [-0.4, -0.2) is 11.0 Å². The Morgan fingerprint density at radius 2 is 1.95 bits per heavy atom. The van der Waals surface area contributed by atoms with Crippen LogP contribution in [0.5, 0.6) is 5.75 Å². The fourth-order valence-electron chi connectivity index (χ4n) is 2.46. The summed E-state index contributed by atoms with van der Waals surface area (Å²) in [7, 11) is 0. The van der Waals surface area contributed by atoms with Crippen LogP contribution in [0.15, 0.2) is 18.2 Å². The molecule has 6 heteroatoms. The predicted molar refractivity (Wildman–Crippen MR) is 73.0 cm³/mol. The molecule has 1 aromatic rings. The van der Waals surface area contributed by atoms with Crippen LogP contribution >= 0.6 is 0 Å². The highest BCUT2D eigenvalue weighted by atomic mass is 16.6. The number of nitro groups is 1. The summed E-state index contributed by atoms with van der Waals surface area (Å²) in [6.07, 6.45) is 6.64. The lowest BCUT2D eigenvalue weighted by atomic mass is 10.1. The van der Waals surface area contributed by atoms with Crippen LogP contribution in [0.4, 0.5) is 11.4 Å². The van der Waals surface area contributed by atoms with Crippen LogP contribution in [0.1, 0.15) is 38.5 Å². The van der Waals surface area contributed by atoms with Gasteiger partial charge in [-0.1, -0.05) is 18.9 Å². The van der Waals surface area contributed by atoms with Gasteiger partial charge in [-0.25, -0.2) is 0 Å². The Labute approximate surface area is 112 Å². The fraction of sp³-hybridized carbons (Fsp3) is 0.538. The Bertz CT molecular complexity index is 443. The van der Waals surface area contributed by atoms with E-state index in [9.17, 15) is 10.1 Å². The third-order valence-corrected chi connectivity index (χ3v) is 3.43. The van der Waals surface area contributed by atoms with Crippen molar-refractivity contribution in [3.8, 4) is 5.75 Å². The van der Waals surface area contributed by atoms with Gasteiger partial charge in [0.25, 0.3) is 0 Å². The molecule has 0 aliphatic heterocycles. The minimum Gasteiger partial charge on any atom is -0.483 e. The van der Waals surface area contributed by atoms with Gasteiger partial charge in [-0.2, -0.15) is 0 Å². The lowest BCUT2D eigenvalue weighted by molar-refractivity contribution is -0.385. The molecule has 3 N–H and O–H groups in total. The van der Waals surface area contributed by atoms with E-state index in [0.29, 0.717) is 5.75 Å². The molecule has 0 aromatic heterocycles. The van der Waals surface area contributed by atoms with Gasteiger partial charge < -0.3 is 10.2 Å². The number of hydrogen-bond donors (Lipinski definition) is 2. The van der Waals surface area contributed by atoms with Crippen LogP contribution in [0.25, 0.3) is 0 Å². The number of hydrogen-bond acceptors (Lipinski definition) is 5. The Morgan fingerprint density at radius 1 is 1.26 bits per heavy atom. The summed E-state index contributed by atoms with van der Waals surface area (Å²) in [6, 6.07) is 4.90. The highest BCUT2D eigenvalue weighted by Crippen LogP contribution is 2.36. The van der Waals surface area contributed by atoms with Crippen molar-refractivity contribution in [2.75, 3.05) is 5.43 Å². The van der Waals surface area contributed by atoms with E-state index >= 15 is 0 Å². The first-order valence-corrected chi connectivity index (χ1v) is 6.63. The quantitative estimate of drug-likeness (QED) is 0.378. The van der Waals surface area contributed by atoms with Crippen molar-refractivity contribution in [2.24, 2.45) is 5.84 Å². The number of nitrogen functional groups attached to an aromatic ring is 1. The summed E-state index contributed by atoms with van der Waals surface area (Å²) in [5, 5.41) is 11.1. The molecule has 0 spiro atoms. The normalized spacial score (nSPS) is 16.7. The van der Waals surface area contributed by atoms with Crippen molar-refractivity contribution in [3.05, 3.63) is 28.3 Å². The first-order chi connectivity index (χ1) is 9.22. The number of ether oxygens (including phenoxy) is 1. The maximum absolute atomic E-state index is 11.1. The molecular formula is C13H19N3O3. The average Bonchev–Trinajstić information content (AvgIpc) is 2.66. The zero-order valence-electron chi connectivity index (χ0n) is 10.8. The van der Waals surface area contributed by atoms with Crippen LogP contribution in [0.2, 0.25) is 0 Å². The second-order valence-corrected chi connectivity index (χ2v) is 4.79. The summed E-state index contributed by atoms with van der Waals surface area (Å²) in [4.78, 5) is 10.7. The monoisotopic (exact) mass is 265 g/mol. The molecule has 6 nitrogen and oxygen atoms in total. The van der Waals surface area contributed by atoms with E-state index in [0.717, 1.165) is 25.7 Å². The molecule has 0 bridgehead atoms. The summed E-state index contributed by atoms with van der Waals surface area (Å²) in [5.74, 6) is 5.60. The number of para-hydroxylation sites is 1. The third kappa shape index (κ3) is 3.35. The number of benzene rings is 1. The molecule has 104 valence electrons. The largest absolute Gasteiger partial charge is 0.483 e. The van der Waals surface area contributed by atoms with Crippen molar-refractivity contribution in [1.29, 1.82) is 0 Å². The first kappa shape index (κ1) is 13.6. The minimum absolute atomic E-state index is 0.0641. The Balaban J connectivity index is 2.21. The van der Waals surface area contributed by atoms with E-state index in [4.69, 9.17) is 10.6 Å². The average molecular weight is 265 g/mol. The van der Waals surface area contributed by atoms with E-state index in [1.165, 1.54) is 12.8 Å². The molecule has 19 heavy (non-hydrogen) atoms. The van der Waals surface area contributed by atoms with Crippen molar-refractivity contribution >= 4 is 11.4 Å². The van der Waals surface area contributed by atoms with Crippen molar-refractivity contribution < 1.29 is 9.66 Å². The Morgan fingerprint density at radius 3 is 2.53 bits per heavy atom. The van der Waals surface area contributed by atoms with E-state index in [2.05, 4.69) is 5.43 Å². The Kier molecular flexibility index (Phi) is 4.57. The number of anilines is 1. The number of nitrogens with two attached hydrogens (primary N) is 1. The number of rotatable bonds is 4. The topological polar surface area (TPSA) is 90.4 Å².